The molecule has 0 amide bonds. The van der Waals surface area contributed by atoms with Gasteiger partial charge >= 0.3 is 0 Å². The third-order valence-electron chi connectivity index (χ3n) is 2.79. The van der Waals surface area contributed by atoms with Crippen LogP contribution in [0.1, 0.15) is 6.92 Å². The standard InChI is InChI=1S/C15H16ClNO/c1-3-17(2)14-6-4-5-7-15(14)18-13-10-8-12(16)9-11-13/h4-11H,3H2,1-2H3. The zero-order valence-corrected chi connectivity index (χ0v) is 11.3. The van der Waals surface area contributed by atoms with E-state index in [0.717, 1.165) is 23.7 Å². The molecule has 3 heteroatoms. The summed E-state index contributed by atoms with van der Waals surface area (Å²) in [6, 6.07) is 15.4. The lowest BCUT2D eigenvalue weighted by Gasteiger charge is -2.20. The Hall–Kier alpha value is -1.67. The lowest BCUT2D eigenvalue weighted by atomic mass is 10.2. The maximum absolute atomic E-state index is 5.89. The Bertz CT molecular complexity index is 510. The molecule has 0 spiro atoms. The van der Waals surface area contributed by atoms with Gasteiger partial charge < -0.3 is 9.64 Å². The first kappa shape index (κ1) is 12.8. The molecular weight excluding hydrogens is 246 g/mol. The van der Waals surface area contributed by atoms with Crippen LogP contribution >= 0.6 is 11.6 Å². The summed E-state index contributed by atoms with van der Waals surface area (Å²) in [6.07, 6.45) is 0. The van der Waals surface area contributed by atoms with Crippen molar-refractivity contribution in [2.75, 3.05) is 18.5 Å². The predicted molar refractivity (Wildman–Crippen MR) is 76.9 cm³/mol. The Morgan fingerprint density at radius 3 is 2.39 bits per heavy atom. The molecule has 0 radical (unpaired) electrons. The topological polar surface area (TPSA) is 12.5 Å². The molecule has 0 saturated heterocycles. The molecule has 0 heterocycles. The number of nitrogens with zero attached hydrogens (tertiary/aromatic N) is 1. The Labute approximate surface area is 113 Å². The highest BCUT2D eigenvalue weighted by molar-refractivity contribution is 6.30. The van der Waals surface area contributed by atoms with Gasteiger partial charge in [-0.25, -0.2) is 0 Å². The molecule has 0 aromatic heterocycles. The van der Waals surface area contributed by atoms with E-state index in [1.54, 1.807) is 0 Å². The highest BCUT2D eigenvalue weighted by atomic mass is 35.5. The van der Waals surface area contributed by atoms with Crippen molar-refractivity contribution in [3.05, 3.63) is 53.6 Å². The number of hydrogen-bond acceptors (Lipinski definition) is 2. The summed E-state index contributed by atoms with van der Waals surface area (Å²) in [5, 5.41) is 0.710. The SMILES string of the molecule is CCN(C)c1ccccc1Oc1ccc(Cl)cc1. The molecule has 0 aliphatic rings. The number of benzene rings is 2. The molecule has 2 rings (SSSR count). The Morgan fingerprint density at radius 2 is 1.72 bits per heavy atom. The van der Waals surface area contributed by atoms with Gasteiger partial charge in [-0.1, -0.05) is 23.7 Å². The van der Waals surface area contributed by atoms with Crippen molar-refractivity contribution in [3.8, 4) is 11.5 Å². The van der Waals surface area contributed by atoms with E-state index < -0.39 is 0 Å². The number of para-hydroxylation sites is 2. The Kier molecular flexibility index (Phi) is 4.11. The van der Waals surface area contributed by atoms with Gasteiger partial charge in [-0.05, 0) is 43.3 Å². The molecular formula is C15H16ClNO. The molecule has 0 atom stereocenters. The zero-order valence-electron chi connectivity index (χ0n) is 10.6. The summed E-state index contributed by atoms with van der Waals surface area (Å²) < 4.78 is 5.89. The van der Waals surface area contributed by atoms with Crippen molar-refractivity contribution >= 4 is 17.3 Å². The lowest BCUT2D eigenvalue weighted by molar-refractivity contribution is 0.482. The molecule has 0 unspecified atom stereocenters. The van der Waals surface area contributed by atoms with E-state index in [-0.39, 0.29) is 0 Å². The van der Waals surface area contributed by atoms with Crippen molar-refractivity contribution in [1.29, 1.82) is 0 Å². The van der Waals surface area contributed by atoms with Gasteiger partial charge in [-0.2, -0.15) is 0 Å². The van der Waals surface area contributed by atoms with Crippen LogP contribution in [0.5, 0.6) is 11.5 Å². The minimum absolute atomic E-state index is 0.710. The van der Waals surface area contributed by atoms with Gasteiger partial charge in [0.1, 0.15) is 5.75 Å². The predicted octanol–water partition coefficient (Wildman–Crippen LogP) is 4.59. The van der Waals surface area contributed by atoms with E-state index >= 15 is 0 Å². The fraction of sp³-hybridized carbons (Fsp3) is 0.200. The summed E-state index contributed by atoms with van der Waals surface area (Å²) in [4.78, 5) is 2.14. The van der Waals surface area contributed by atoms with Crippen molar-refractivity contribution < 1.29 is 4.74 Å². The maximum Gasteiger partial charge on any atom is 0.150 e. The van der Waals surface area contributed by atoms with Gasteiger partial charge in [0.2, 0.25) is 0 Å². The highest BCUT2D eigenvalue weighted by Gasteiger charge is 2.07. The molecule has 0 saturated carbocycles. The summed E-state index contributed by atoms with van der Waals surface area (Å²) in [5.41, 5.74) is 1.08. The summed E-state index contributed by atoms with van der Waals surface area (Å²) in [7, 11) is 2.05. The Morgan fingerprint density at radius 1 is 1.06 bits per heavy atom. The van der Waals surface area contributed by atoms with Crippen LogP contribution < -0.4 is 9.64 Å². The first-order valence-corrected chi connectivity index (χ1v) is 6.32. The quantitative estimate of drug-likeness (QED) is 0.798. The summed E-state index contributed by atoms with van der Waals surface area (Å²) in [6.45, 7) is 3.04. The van der Waals surface area contributed by atoms with E-state index in [0.29, 0.717) is 5.02 Å². The van der Waals surface area contributed by atoms with Crippen LogP contribution in [-0.4, -0.2) is 13.6 Å². The summed E-state index contributed by atoms with van der Waals surface area (Å²) in [5.74, 6) is 1.64. The average molecular weight is 262 g/mol. The third-order valence-corrected chi connectivity index (χ3v) is 3.04. The van der Waals surface area contributed by atoms with E-state index in [4.69, 9.17) is 16.3 Å². The van der Waals surface area contributed by atoms with Gasteiger partial charge in [0.25, 0.3) is 0 Å². The molecule has 0 bridgehead atoms. The fourth-order valence-electron chi connectivity index (χ4n) is 1.66. The molecule has 0 fully saturated rings. The maximum atomic E-state index is 5.89. The zero-order chi connectivity index (χ0) is 13.0. The highest BCUT2D eigenvalue weighted by Crippen LogP contribution is 2.31. The Balaban J connectivity index is 2.26. The first-order chi connectivity index (χ1) is 8.70. The largest absolute Gasteiger partial charge is 0.455 e. The number of hydrogen-bond donors (Lipinski definition) is 0. The normalized spacial score (nSPS) is 10.2. The van der Waals surface area contributed by atoms with E-state index in [9.17, 15) is 0 Å². The average Bonchev–Trinajstić information content (AvgIpc) is 2.41. The van der Waals surface area contributed by atoms with Gasteiger partial charge in [-0.15, -0.1) is 0 Å². The van der Waals surface area contributed by atoms with E-state index in [2.05, 4.69) is 17.9 Å². The van der Waals surface area contributed by atoms with Gasteiger partial charge in [0.15, 0.2) is 5.75 Å². The molecule has 2 aromatic rings. The van der Waals surface area contributed by atoms with Crippen LogP contribution in [0.2, 0.25) is 5.02 Å². The summed E-state index contributed by atoms with van der Waals surface area (Å²) >= 11 is 5.86. The molecule has 0 aliphatic heterocycles. The van der Waals surface area contributed by atoms with Crippen LogP contribution in [0, 0.1) is 0 Å². The fourth-order valence-corrected chi connectivity index (χ4v) is 1.78. The van der Waals surface area contributed by atoms with Crippen LogP contribution in [0.3, 0.4) is 0 Å². The van der Waals surface area contributed by atoms with Gasteiger partial charge in [0, 0.05) is 18.6 Å². The smallest absolute Gasteiger partial charge is 0.150 e. The molecule has 2 aromatic carbocycles. The van der Waals surface area contributed by atoms with Crippen molar-refractivity contribution in [2.45, 2.75) is 6.92 Å². The minimum Gasteiger partial charge on any atom is -0.455 e. The van der Waals surface area contributed by atoms with Crippen LogP contribution in [-0.2, 0) is 0 Å². The molecule has 18 heavy (non-hydrogen) atoms. The molecule has 0 aliphatic carbocycles. The molecule has 2 nitrogen and oxygen atoms in total. The lowest BCUT2D eigenvalue weighted by Crippen LogP contribution is -2.16. The number of ether oxygens (including phenoxy) is 1. The monoisotopic (exact) mass is 261 g/mol. The second kappa shape index (κ2) is 5.78. The van der Waals surface area contributed by atoms with Crippen molar-refractivity contribution in [2.24, 2.45) is 0 Å². The number of halogens is 1. The minimum atomic E-state index is 0.710. The van der Waals surface area contributed by atoms with Crippen molar-refractivity contribution in [3.63, 3.8) is 0 Å². The number of rotatable bonds is 4. The van der Waals surface area contributed by atoms with Gasteiger partial charge in [0.05, 0.1) is 5.69 Å². The molecule has 0 N–H and O–H groups in total. The van der Waals surface area contributed by atoms with Crippen LogP contribution in [0.4, 0.5) is 5.69 Å². The van der Waals surface area contributed by atoms with Gasteiger partial charge in [-0.3, -0.25) is 0 Å². The number of anilines is 1. The first-order valence-electron chi connectivity index (χ1n) is 5.94. The van der Waals surface area contributed by atoms with E-state index in [1.165, 1.54) is 0 Å². The third kappa shape index (κ3) is 2.96. The second-order valence-electron chi connectivity index (χ2n) is 4.04. The van der Waals surface area contributed by atoms with Crippen LogP contribution in [0.15, 0.2) is 48.5 Å². The molecule has 94 valence electrons. The van der Waals surface area contributed by atoms with Crippen LogP contribution in [0.25, 0.3) is 0 Å². The van der Waals surface area contributed by atoms with Crippen molar-refractivity contribution in [1.82, 2.24) is 0 Å². The van der Waals surface area contributed by atoms with E-state index in [1.807, 2.05) is 49.5 Å². The second-order valence-corrected chi connectivity index (χ2v) is 4.47.